The van der Waals surface area contributed by atoms with Gasteiger partial charge in [0.2, 0.25) is 0 Å². The third-order valence-corrected chi connectivity index (χ3v) is 9.54. The Kier molecular flexibility index (Phi) is 13.3. The Hall–Kier alpha value is -4.13. The van der Waals surface area contributed by atoms with Gasteiger partial charge in [0, 0.05) is 35.6 Å². The first-order valence-corrected chi connectivity index (χ1v) is 17.5. The molecule has 0 aliphatic heterocycles. The molecular formula is C41H46F3NO4. The molecule has 0 bridgehead atoms. The van der Waals surface area contributed by atoms with Gasteiger partial charge in [0.05, 0.1) is 12.2 Å². The zero-order valence-electron chi connectivity index (χ0n) is 28.1. The van der Waals surface area contributed by atoms with Crippen LogP contribution in [-0.2, 0) is 9.53 Å². The van der Waals surface area contributed by atoms with Gasteiger partial charge < -0.3 is 14.8 Å². The average molecular weight is 674 g/mol. The summed E-state index contributed by atoms with van der Waals surface area (Å²) in [5.74, 6) is 0.282. The van der Waals surface area contributed by atoms with Crippen LogP contribution in [-0.4, -0.2) is 38.1 Å². The summed E-state index contributed by atoms with van der Waals surface area (Å²) in [6, 6.07) is 3.16. The minimum absolute atomic E-state index is 0.0277. The molecule has 1 N–H and O–H groups in total. The van der Waals surface area contributed by atoms with E-state index in [4.69, 9.17) is 9.47 Å². The number of carbonyl (C=O) groups excluding carboxylic acids is 2. The number of benzene rings is 1. The highest BCUT2D eigenvalue weighted by atomic mass is 19.3. The minimum Gasteiger partial charge on any atom is -0.433 e. The molecule has 0 heterocycles. The number of nitrogens with one attached hydrogen (secondary N) is 1. The first-order valence-electron chi connectivity index (χ1n) is 17.5. The smallest absolute Gasteiger partial charge is 0.387 e. The molecule has 1 aromatic carbocycles. The van der Waals surface area contributed by atoms with Crippen LogP contribution < -0.4 is 20.5 Å². The molecule has 49 heavy (non-hydrogen) atoms. The lowest BCUT2D eigenvalue weighted by molar-refractivity contribution is -0.112. The Morgan fingerprint density at radius 3 is 2.45 bits per heavy atom. The second-order valence-corrected chi connectivity index (χ2v) is 13.1. The number of hydrogen-bond acceptors (Lipinski definition) is 4. The van der Waals surface area contributed by atoms with E-state index in [0.29, 0.717) is 67.6 Å². The molecule has 4 aliphatic carbocycles. The van der Waals surface area contributed by atoms with Crippen molar-refractivity contribution in [1.29, 1.82) is 0 Å². The van der Waals surface area contributed by atoms with E-state index < -0.39 is 12.5 Å². The number of ketones is 1. The SMILES string of the molecule is C=CC=C=c1ccc(C(=O)NCCOCC2CC2)c(OC(F)F)c1=CCCC1CCC=C(C(=O)C2=CC=C(C3=CC=C(F)CC3)CC2)CC1. The van der Waals surface area contributed by atoms with E-state index in [2.05, 4.69) is 23.7 Å². The van der Waals surface area contributed by atoms with Gasteiger partial charge in [-0.1, -0.05) is 43.0 Å². The van der Waals surface area contributed by atoms with Crippen molar-refractivity contribution in [2.45, 2.75) is 83.7 Å². The maximum atomic E-state index is 13.7. The molecule has 8 heteroatoms. The van der Waals surface area contributed by atoms with Crippen molar-refractivity contribution in [1.82, 2.24) is 5.32 Å². The second-order valence-electron chi connectivity index (χ2n) is 13.1. The zero-order chi connectivity index (χ0) is 34.6. The highest BCUT2D eigenvalue weighted by molar-refractivity contribution is 6.08. The summed E-state index contributed by atoms with van der Waals surface area (Å²) in [5.41, 5.74) is 7.08. The van der Waals surface area contributed by atoms with Gasteiger partial charge in [0.15, 0.2) is 5.78 Å². The van der Waals surface area contributed by atoms with Gasteiger partial charge in [0.25, 0.3) is 5.91 Å². The number of allylic oxidation sites excluding steroid dienone is 12. The summed E-state index contributed by atoms with van der Waals surface area (Å²) in [6.07, 6.45) is 23.9. The molecule has 5 nitrogen and oxygen atoms in total. The van der Waals surface area contributed by atoms with Gasteiger partial charge in [0.1, 0.15) is 11.6 Å². The van der Waals surface area contributed by atoms with E-state index in [0.717, 1.165) is 48.8 Å². The predicted molar refractivity (Wildman–Crippen MR) is 187 cm³/mol. The molecule has 0 spiro atoms. The number of rotatable bonds is 15. The van der Waals surface area contributed by atoms with Gasteiger partial charge in [-0.2, -0.15) is 8.78 Å². The lowest BCUT2D eigenvalue weighted by Crippen LogP contribution is -2.33. The van der Waals surface area contributed by atoms with Crippen LogP contribution in [0.4, 0.5) is 13.2 Å². The summed E-state index contributed by atoms with van der Waals surface area (Å²) < 4.78 is 51.3. The van der Waals surface area contributed by atoms with E-state index in [1.165, 1.54) is 30.6 Å². The van der Waals surface area contributed by atoms with Crippen LogP contribution in [0.25, 0.3) is 11.8 Å². The molecular weight excluding hydrogens is 627 g/mol. The summed E-state index contributed by atoms with van der Waals surface area (Å²) in [4.78, 5) is 26.5. The van der Waals surface area contributed by atoms with Crippen LogP contribution in [0, 0.1) is 11.8 Å². The van der Waals surface area contributed by atoms with E-state index >= 15 is 0 Å². The van der Waals surface area contributed by atoms with E-state index in [9.17, 15) is 22.8 Å². The number of ether oxygens (including phenoxy) is 2. The Morgan fingerprint density at radius 2 is 1.76 bits per heavy atom. The van der Waals surface area contributed by atoms with Crippen LogP contribution >= 0.6 is 0 Å². The zero-order valence-corrected chi connectivity index (χ0v) is 28.1. The fourth-order valence-electron chi connectivity index (χ4n) is 6.58. The molecule has 5 rings (SSSR count). The number of alkyl halides is 2. The molecule has 260 valence electrons. The first kappa shape index (κ1) is 36.2. The van der Waals surface area contributed by atoms with Gasteiger partial charge in [-0.15, -0.1) is 5.73 Å². The Labute approximate surface area is 287 Å². The molecule has 1 unspecified atom stereocenters. The average Bonchev–Trinajstić information content (AvgIpc) is 3.95. The van der Waals surface area contributed by atoms with E-state index in [-0.39, 0.29) is 29.5 Å². The first-order chi connectivity index (χ1) is 23.8. The fourth-order valence-corrected chi connectivity index (χ4v) is 6.58. The number of carbonyl (C=O) groups is 2. The van der Waals surface area contributed by atoms with Crippen LogP contribution in [0.15, 0.2) is 89.4 Å². The van der Waals surface area contributed by atoms with Crippen molar-refractivity contribution in [3.8, 4) is 5.75 Å². The van der Waals surface area contributed by atoms with Crippen molar-refractivity contribution >= 4 is 23.5 Å². The highest BCUT2D eigenvalue weighted by Gasteiger charge is 2.23. The van der Waals surface area contributed by atoms with Gasteiger partial charge in [-0.25, -0.2) is 4.39 Å². The molecule has 1 atom stereocenters. The number of halogens is 3. The van der Waals surface area contributed by atoms with E-state index in [1.54, 1.807) is 18.2 Å². The highest BCUT2D eigenvalue weighted by Crippen LogP contribution is 2.34. The predicted octanol–water partition coefficient (Wildman–Crippen LogP) is 8.03. The third-order valence-electron chi connectivity index (χ3n) is 9.54. The van der Waals surface area contributed by atoms with Gasteiger partial charge >= 0.3 is 6.61 Å². The molecule has 1 amide bonds. The Morgan fingerprint density at radius 1 is 0.959 bits per heavy atom. The van der Waals surface area contributed by atoms with Crippen molar-refractivity contribution in [3.63, 3.8) is 0 Å². The quantitative estimate of drug-likeness (QED) is 0.151. The maximum Gasteiger partial charge on any atom is 0.387 e. The molecule has 4 aliphatic rings. The molecule has 1 saturated carbocycles. The van der Waals surface area contributed by atoms with Crippen molar-refractivity contribution < 1.29 is 32.2 Å². The summed E-state index contributed by atoms with van der Waals surface area (Å²) >= 11 is 0. The standard InChI is InChI=1S/C41H46F3NO4/c1-2-3-8-32-21-24-37(40(47)45-25-26-48-27-29-11-12-29)39(49-41(43)44)36(32)10-5-7-28-6-4-9-33(14-13-28)38(46)34-17-15-30(16-18-34)31-19-22-35(42)23-20-31/h2-3,9-10,15,17,19,21-22,24,28-29,41H,1,4-7,11-14,16,18,20,23,25-27H2,(H,45,47). The van der Waals surface area contributed by atoms with Crippen molar-refractivity contribution in [2.24, 2.45) is 11.8 Å². The summed E-state index contributed by atoms with van der Waals surface area (Å²) in [5, 5.41) is 3.68. The number of Topliss-reactive ketones (excluding diaryl/α,β-unsaturated/α-hetero) is 1. The fraction of sp³-hybridized carbons (Fsp3) is 0.439. The Bertz CT molecular complexity index is 1720. The van der Waals surface area contributed by atoms with Crippen LogP contribution in [0.2, 0.25) is 0 Å². The third kappa shape index (κ3) is 10.7. The molecule has 0 saturated heterocycles. The number of hydrogen-bond donors (Lipinski definition) is 1. The monoisotopic (exact) mass is 673 g/mol. The molecule has 1 aromatic rings. The minimum atomic E-state index is -3.12. The lowest BCUT2D eigenvalue weighted by atomic mass is 9.86. The second kappa shape index (κ2) is 18.0. The van der Waals surface area contributed by atoms with Crippen LogP contribution in [0.5, 0.6) is 5.75 Å². The Balaban J connectivity index is 1.23. The van der Waals surface area contributed by atoms with E-state index in [1.807, 2.05) is 24.3 Å². The van der Waals surface area contributed by atoms with Crippen LogP contribution in [0.1, 0.15) is 87.4 Å². The maximum absolute atomic E-state index is 13.7. The molecule has 0 aromatic heterocycles. The van der Waals surface area contributed by atoms with Crippen molar-refractivity contribution in [3.05, 3.63) is 105 Å². The number of amides is 1. The normalized spacial score (nSPS) is 19.8. The van der Waals surface area contributed by atoms with Crippen LogP contribution in [0.3, 0.4) is 0 Å². The lowest BCUT2D eigenvalue weighted by Gasteiger charge is -2.19. The topological polar surface area (TPSA) is 64.6 Å². The summed E-state index contributed by atoms with van der Waals surface area (Å²) in [6.45, 7) is 1.84. The largest absolute Gasteiger partial charge is 0.433 e. The van der Waals surface area contributed by atoms with Gasteiger partial charge in [-0.3, -0.25) is 9.59 Å². The summed E-state index contributed by atoms with van der Waals surface area (Å²) in [7, 11) is 0. The molecule has 1 fully saturated rings. The van der Waals surface area contributed by atoms with Gasteiger partial charge in [-0.05, 0) is 123 Å². The van der Waals surface area contributed by atoms with Crippen molar-refractivity contribution in [2.75, 3.05) is 19.8 Å². The molecule has 0 radical (unpaired) electrons.